The van der Waals surface area contributed by atoms with Crippen molar-refractivity contribution in [2.24, 2.45) is 11.3 Å². The fourth-order valence-corrected chi connectivity index (χ4v) is 1.91. The lowest BCUT2D eigenvalue weighted by Crippen LogP contribution is -2.19. The van der Waals surface area contributed by atoms with Gasteiger partial charge in [0.15, 0.2) is 0 Å². The number of unbranched alkanes of at least 4 members (excludes halogenated alkanes) is 5. The van der Waals surface area contributed by atoms with Gasteiger partial charge in [0.25, 0.3) is 0 Å². The highest BCUT2D eigenvalue weighted by atomic mass is 14.3. The summed E-state index contributed by atoms with van der Waals surface area (Å²) in [6.45, 7) is 13.2. The van der Waals surface area contributed by atoms with E-state index in [0.29, 0.717) is 11.3 Å². The number of hydrogen-bond acceptors (Lipinski definition) is 0. The van der Waals surface area contributed by atoms with Crippen LogP contribution in [0.25, 0.3) is 0 Å². The number of rotatable bonds is 9. The van der Waals surface area contributed by atoms with E-state index in [1.54, 1.807) is 0 Å². The van der Waals surface area contributed by atoms with Crippen molar-refractivity contribution in [3.8, 4) is 0 Å². The Hall–Kier alpha value is -0.260. The molecule has 0 fully saturated rings. The van der Waals surface area contributed by atoms with Gasteiger partial charge in [0.2, 0.25) is 0 Å². The first-order chi connectivity index (χ1) is 7.04. The van der Waals surface area contributed by atoms with Crippen LogP contribution in [0.3, 0.4) is 0 Å². The second-order valence-corrected chi connectivity index (χ2v) is 5.53. The zero-order valence-electron chi connectivity index (χ0n) is 11.3. The molecule has 15 heavy (non-hydrogen) atoms. The predicted octanol–water partition coefficient (Wildman–Crippen LogP) is 5.59. The van der Waals surface area contributed by atoms with Gasteiger partial charge in [-0.25, -0.2) is 0 Å². The molecule has 0 amide bonds. The third-order valence-corrected chi connectivity index (χ3v) is 3.76. The average molecular weight is 210 g/mol. The second-order valence-electron chi connectivity index (χ2n) is 5.53. The summed E-state index contributed by atoms with van der Waals surface area (Å²) in [6, 6.07) is 0. The van der Waals surface area contributed by atoms with Gasteiger partial charge in [-0.15, -0.1) is 6.58 Å². The quantitative estimate of drug-likeness (QED) is 0.344. The van der Waals surface area contributed by atoms with Gasteiger partial charge in [-0.3, -0.25) is 0 Å². The molecule has 0 saturated heterocycles. The lowest BCUT2D eigenvalue weighted by atomic mass is 9.76. The fraction of sp³-hybridized carbons (Fsp3) is 0.867. The Bertz CT molecular complexity index is 155. The van der Waals surface area contributed by atoms with Crippen LogP contribution in [-0.2, 0) is 0 Å². The molecule has 1 atom stereocenters. The standard InChI is InChI=1S/C15H30/c1-6-8-9-10-11-12-13-15(4,5)14(3)7-2/h7,14H,2,6,8-13H2,1,3-5H3. The van der Waals surface area contributed by atoms with Gasteiger partial charge >= 0.3 is 0 Å². The SMILES string of the molecule is C=CC(C)C(C)(C)CCCCCCCC. The zero-order chi connectivity index (χ0) is 11.7. The average Bonchev–Trinajstić information content (AvgIpc) is 2.22. The topological polar surface area (TPSA) is 0 Å². The van der Waals surface area contributed by atoms with Crippen molar-refractivity contribution < 1.29 is 0 Å². The van der Waals surface area contributed by atoms with Crippen molar-refractivity contribution in [1.82, 2.24) is 0 Å². The lowest BCUT2D eigenvalue weighted by molar-refractivity contribution is 0.245. The van der Waals surface area contributed by atoms with Gasteiger partial charge in [0.05, 0.1) is 0 Å². The van der Waals surface area contributed by atoms with Gasteiger partial charge in [-0.2, -0.15) is 0 Å². The van der Waals surface area contributed by atoms with Crippen molar-refractivity contribution in [3.05, 3.63) is 12.7 Å². The van der Waals surface area contributed by atoms with Crippen LogP contribution in [0.2, 0.25) is 0 Å². The Labute approximate surface area is 97.2 Å². The molecule has 90 valence electrons. The Balaban J connectivity index is 3.53. The molecule has 1 unspecified atom stereocenters. The van der Waals surface area contributed by atoms with Crippen LogP contribution in [-0.4, -0.2) is 0 Å². The van der Waals surface area contributed by atoms with Crippen LogP contribution in [0.15, 0.2) is 12.7 Å². The normalized spacial score (nSPS) is 13.9. The third-order valence-electron chi connectivity index (χ3n) is 3.76. The molecule has 0 spiro atoms. The molecule has 0 aromatic heterocycles. The minimum Gasteiger partial charge on any atom is -0.103 e. The van der Waals surface area contributed by atoms with Crippen LogP contribution >= 0.6 is 0 Å². The van der Waals surface area contributed by atoms with Gasteiger partial charge in [0.1, 0.15) is 0 Å². The van der Waals surface area contributed by atoms with E-state index in [1.165, 1.54) is 44.9 Å². The van der Waals surface area contributed by atoms with E-state index in [0.717, 1.165) is 0 Å². The number of hydrogen-bond donors (Lipinski definition) is 0. The minimum atomic E-state index is 0.437. The van der Waals surface area contributed by atoms with Gasteiger partial charge in [-0.05, 0) is 17.8 Å². The molecular formula is C15H30. The Morgan fingerprint density at radius 2 is 1.60 bits per heavy atom. The summed E-state index contributed by atoms with van der Waals surface area (Å²) >= 11 is 0. The van der Waals surface area contributed by atoms with Crippen LogP contribution in [0.5, 0.6) is 0 Å². The third kappa shape index (κ3) is 6.76. The summed E-state index contributed by atoms with van der Waals surface area (Å²) in [5, 5.41) is 0. The van der Waals surface area contributed by atoms with Crippen LogP contribution in [0.4, 0.5) is 0 Å². The molecule has 0 saturated carbocycles. The first-order valence-electron chi connectivity index (χ1n) is 6.67. The maximum atomic E-state index is 3.90. The molecule has 0 bridgehead atoms. The molecular weight excluding hydrogens is 180 g/mol. The van der Waals surface area contributed by atoms with Crippen molar-refractivity contribution in [2.45, 2.75) is 72.6 Å². The number of allylic oxidation sites excluding steroid dienone is 1. The largest absolute Gasteiger partial charge is 0.103 e. The minimum absolute atomic E-state index is 0.437. The van der Waals surface area contributed by atoms with Crippen LogP contribution in [0, 0.1) is 11.3 Å². The van der Waals surface area contributed by atoms with Gasteiger partial charge in [0, 0.05) is 0 Å². The van der Waals surface area contributed by atoms with Gasteiger partial charge in [-0.1, -0.05) is 72.3 Å². The van der Waals surface area contributed by atoms with E-state index < -0.39 is 0 Å². The smallest absolute Gasteiger partial charge is 0.0213 e. The van der Waals surface area contributed by atoms with Crippen molar-refractivity contribution in [3.63, 3.8) is 0 Å². The highest BCUT2D eigenvalue weighted by molar-refractivity contribution is 4.87. The predicted molar refractivity (Wildman–Crippen MR) is 71.1 cm³/mol. The summed E-state index contributed by atoms with van der Waals surface area (Å²) in [5.41, 5.74) is 0.437. The molecule has 0 aromatic rings. The highest BCUT2D eigenvalue weighted by Crippen LogP contribution is 2.33. The Kier molecular flexibility index (Phi) is 7.82. The molecule has 0 heterocycles. The molecule has 0 aliphatic heterocycles. The maximum Gasteiger partial charge on any atom is -0.0213 e. The fourth-order valence-electron chi connectivity index (χ4n) is 1.91. The van der Waals surface area contributed by atoms with Crippen LogP contribution < -0.4 is 0 Å². The van der Waals surface area contributed by atoms with E-state index in [1.807, 2.05) is 0 Å². The van der Waals surface area contributed by atoms with E-state index in [2.05, 4.69) is 40.3 Å². The van der Waals surface area contributed by atoms with Gasteiger partial charge < -0.3 is 0 Å². The zero-order valence-corrected chi connectivity index (χ0v) is 11.3. The molecule has 0 aliphatic rings. The molecule has 0 N–H and O–H groups in total. The second kappa shape index (κ2) is 7.96. The van der Waals surface area contributed by atoms with Crippen molar-refractivity contribution >= 4 is 0 Å². The molecule has 0 heteroatoms. The highest BCUT2D eigenvalue weighted by Gasteiger charge is 2.22. The summed E-state index contributed by atoms with van der Waals surface area (Å²) in [6.07, 6.45) is 11.8. The Morgan fingerprint density at radius 1 is 1.07 bits per heavy atom. The summed E-state index contributed by atoms with van der Waals surface area (Å²) in [4.78, 5) is 0. The summed E-state index contributed by atoms with van der Waals surface area (Å²) < 4.78 is 0. The molecule has 0 aliphatic carbocycles. The van der Waals surface area contributed by atoms with E-state index >= 15 is 0 Å². The Morgan fingerprint density at radius 3 is 2.13 bits per heavy atom. The monoisotopic (exact) mass is 210 g/mol. The van der Waals surface area contributed by atoms with Crippen molar-refractivity contribution in [2.75, 3.05) is 0 Å². The molecule has 0 nitrogen and oxygen atoms in total. The summed E-state index contributed by atoms with van der Waals surface area (Å²) in [5.74, 6) is 0.633. The van der Waals surface area contributed by atoms with E-state index in [-0.39, 0.29) is 0 Å². The molecule has 0 rings (SSSR count). The molecule has 0 aromatic carbocycles. The first-order valence-corrected chi connectivity index (χ1v) is 6.67. The maximum absolute atomic E-state index is 3.90. The van der Waals surface area contributed by atoms with E-state index in [9.17, 15) is 0 Å². The van der Waals surface area contributed by atoms with Crippen molar-refractivity contribution in [1.29, 1.82) is 0 Å². The summed E-state index contributed by atoms with van der Waals surface area (Å²) in [7, 11) is 0. The lowest BCUT2D eigenvalue weighted by Gasteiger charge is -2.29. The van der Waals surface area contributed by atoms with E-state index in [4.69, 9.17) is 0 Å². The first kappa shape index (κ1) is 14.7. The van der Waals surface area contributed by atoms with Crippen LogP contribution in [0.1, 0.15) is 72.6 Å². The molecule has 0 radical (unpaired) electrons.